The summed E-state index contributed by atoms with van der Waals surface area (Å²) in [5.74, 6) is -0.958. The van der Waals surface area contributed by atoms with E-state index < -0.39 is 41.7 Å². The number of rotatable bonds is 11. The molecule has 31 heavy (non-hydrogen) atoms. The second-order valence-corrected chi connectivity index (χ2v) is 9.15. The zero-order valence-electron chi connectivity index (χ0n) is 16.6. The minimum Gasteiger partial charge on any atom is -0.492 e. The molecule has 10 nitrogen and oxygen atoms in total. The van der Waals surface area contributed by atoms with Crippen LogP contribution in [0.4, 0.5) is 0 Å². The second-order valence-electron chi connectivity index (χ2n) is 6.43. The van der Waals surface area contributed by atoms with Crippen molar-refractivity contribution in [3.63, 3.8) is 0 Å². The summed E-state index contributed by atoms with van der Waals surface area (Å²) in [6.07, 6.45) is 0.271. The lowest BCUT2D eigenvalue weighted by molar-refractivity contribution is -0.140. The first-order valence-electron chi connectivity index (χ1n) is 8.97. The highest BCUT2D eigenvalue weighted by molar-refractivity contribution is 7.89. The van der Waals surface area contributed by atoms with Gasteiger partial charge < -0.3 is 14.2 Å². The van der Waals surface area contributed by atoms with E-state index in [1.54, 1.807) is 6.07 Å². The summed E-state index contributed by atoms with van der Waals surface area (Å²) in [6.45, 7) is 5.20. The van der Waals surface area contributed by atoms with Gasteiger partial charge in [0.2, 0.25) is 0 Å². The number of carbonyl (C=O) groups excluding carboxylic acids is 1. The van der Waals surface area contributed by atoms with E-state index in [1.165, 1.54) is 31.2 Å². The van der Waals surface area contributed by atoms with Crippen LogP contribution in [0.25, 0.3) is 10.8 Å². The average Bonchev–Trinajstić information content (AvgIpc) is 2.66. The molecule has 2 rings (SSSR count). The van der Waals surface area contributed by atoms with Gasteiger partial charge >= 0.3 is 5.97 Å². The second kappa shape index (κ2) is 10.2. The molecular formula is C19H22O10S2. The van der Waals surface area contributed by atoms with Crippen molar-refractivity contribution in [1.29, 1.82) is 0 Å². The van der Waals surface area contributed by atoms with E-state index in [0.29, 0.717) is 0 Å². The zero-order valence-corrected chi connectivity index (χ0v) is 18.2. The highest BCUT2D eigenvalue weighted by Gasteiger charge is 2.31. The summed E-state index contributed by atoms with van der Waals surface area (Å²) in [5, 5.41) is 0.200. The van der Waals surface area contributed by atoms with Crippen LogP contribution in [0, 0.1) is 0 Å². The molecule has 0 saturated carbocycles. The topological polar surface area (TPSA) is 154 Å². The quantitative estimate of drug-likeness (QED) is 0.214. The molecule has 0 amide bonds. The third kappa shape index (κ3) is 6.74. The van der Waals surface area contributed by atoms with E-state index in [9.17, 15) is 30.7 Å². The third-order valence-corrected chi connectivity index (χ3v) is 5.93. The fraction of sp³-hybridized carbons (Fsp3) is 0.316. The molecule has 0 spiro atoms. The predicted octanol–water partition coefficient (Wildman–Crippen LogP) is 2.24. The normalized spacial score (nSPS) is 12.0. The Hall–Kier alpha value is -2.51. The van der Waals surface area contributed by atoms with Crippen molar-refractivity contribution in [3.05, 3.63) is 42.5 Å². The highest BCUT2D eigenvalue weighted by atomic mass is 32.2. The van der Waals surface area contributed by atoms with Gasteiger partial charge in [-0.1, -0.05) is 30.8 Å². The Kier molecular flexibility index (Phi) is 8.14. The fourth-order valence-corrected chi connectivity index (χ4v) is 4.79. The Morgan fingerprint density at radius 2 is 1.61 bits per heavy atom. The fourth-order valence-electron chi connectivity index (χ4n) is 2.64. The summed E-state index contributed by atoms with van der Waals surface area (Å²) in [7, 11) is -10.1. The number of hydrogen-bond donors (Lipinski definition) is 2. The van der Waals surface area contributed by atoms with E-state index in [2.05, 4.69) is 6.58 Å². The van der Waals surface area contributed by atoms with Crippen LogP contribution in [0.1, 0.15) is 13.3 Å². The molecular weight excluding hydrogens is 452 g/mol. The van der Waals surface area contributed by atoms with Gasteiger partial charge in [0.15, 0.2) is 4.90 Å². The monoisotopic (exact) mass is 474 g/mol. The van der Waals surface area contributed by atoms with Crippen LogP contribution in [0.5, 0.6) is 5.75 Å². The molecule has 2 aromatic carbocycles. The summed E-state index contributed by atoms with van der Waals surface area (Å²) in [6, 6.07) is 7.09. The van der Waals surface area contributed by atoms with Gasteiger partial charge in [-0.05, 0) is 18.4 Å². The van der Waals surface area contributed by atoms with Crippen molar-refractivity contribution in [1.82, 2.24) is 0 Å². The van der Waals surface area contributed by atoms with Crippen molar-refractivity contribution < 1.29 is 44.9 Å². The first kappa shape index (κ1) is 24.8. The maximum atomic E-state index is 11.9. The minimum absolute atomic E-state index is 0.0296. The van der Waals surface area contributed by atoms with Crippen LogP contribution in [0.15, 0.2) is 52.3 Å². The largest absolute Gasteiger partial charge is 0.492 e. The third-order valence-electron chi connectivity index (χ3n) is 3.94. The molecule has 0 radical (unpaired) electrons. The summed E-state index contributed by atoms with van der Waals surface area (Å²) in [5.41, 5.74) is 0.266. The molecule has 0 bridgehead atoms. The maximum absolute atomic E-state index is 11.9. The van der Waals surface area contributed by atoms with Crippen LogP contribution >= 0.6 is 0 Å². The van der Waals surface area contributed by atoms with E-state index in [1.807, 2.05) is 0 Å². The lowest BCUT2D eigenvalue weighted by Gasteiger charge is -2.15. The van der Waals surface area contributed by atoms with Gasteiger partial charge in [-0.25, -0.2) is 4.79 Å². The van der Waals surface area contributed by atoms with Crippen LogP contribution in [0.3, 0.4) is 0 Å². The molecule has 0 atom stereocenters. The number of carbonyl (C=O) groups is 1. The van der Waals surface area contributed by atoms with Crippen LogP contribution < -0.4 is 4.74 Å². The standard InChI is InChI=1S/C19H22O10S2/c1-13(2)19(20)29-11-10-27-8-5-9-28-16-12-14-6-3-4-7-15(14)17(30(21,22)23)18(16)31(24,25)26/h3-4,6-7,12H,1,5,8-11H2,2H3,(H,21,22,23)(H,24,25,26). The van der Waals surface area contributed by atoms with E-state index in [0.717, 1.165) is 0 Å². The average molecular weight is 475 g/mol. The van der Waals surface area contributed by atoms with Gasteiger partial charge in [-0.15, -0.1) is 0 Å². The Morgan fingerprint density at radius 3 is 2.23 bits per heavy atom. The molecule has 0 unspecified atom stereocenters. The predicted molar refractivity (Wildman–Crippen MR) is 110 cm³/mol. The molecule has 0 aliphatic heterocycles. The highest BCUT2D eigenvalue weighted by Crippen LogP contribution is 2.37. The molecule has 0 aliphatic carbocycles. The molecule has 2 aromatic rings. The van der Waals surface area contributed by atoms with E-state index in [-0.39, 0.29) is 49.2 Å². The number of esters is 1. The van der Waals surface area contributed by atoms with Gasteiger partial charge in [0.1, 0.15) is 17.3 Å². The van der Waals surface area contributed by atoms with Crippen LogP contribution in [-0.4, -0.2) is 58.3 Å². The molecule has 0 saturated heterocycles. The number of fused-ring (bicyclic) bond motifs is 1. The lowest BCUT2D eigenvalue weighted by Crippen LogP contribution is -2.14. The van der Waals surface area contributed by atoms with Crippen molar-refractivity contribution in [2.24, 2.45) is 0 Å². The van der Waals surface area contributed by atoms with Crippen LogP contribution in [-0.2, 0) is 34.5 Å². The van der Waals surface area contributed by atoms with Crippen molar-refractivity contribution in [3.8, 4) is 5.75 Å². The molecule has 12 heteroatoms. The van der Waals surface area contributed by atoms with E-state index >= 15 is 0 Å². The minimum atomic E-state index is -5.06. The van der Waals surface area contributed by atoms with Crippen LogP contribution in [0.2, 0.25) is 0 Å². The Balaban J connectivity index is 2.12. The Morgan fingerprint density at radius 1 is 0.968 bits per heavy atom. The van der Waals surface area contributed by atoms with Crippen molar-refractivity contribution in [2.45, 2.75) is 23.1 Å². The number of ether oxygens (including phenoxy) is 3. The molecule has 170 valence electrons. The molecule has 0 heterocycles. The maximum Gasteiger partial charge on any atom is 0.333 e. The van der Waals surface area contributed by atoms with Gasteiger partial charge in [-0.3, -0.25) is 9.11 Å². The first-order chi connectivity index (χ1) is 14.4. The summed E-state index contributed by atoms with van der Waals surface area (Å²) < 4.78 is 82.3. The van der Waals surface area contributed by atoms with Gasteiger partial charge in [0.25, 0.3) is 20.2 Å². The Bertz CT molecular complexity index is 1180. The van der Waals surface area contributed by atoms with Crippen molar-refractivity contribution in [2.75, 3.05) is 26.4 Å². The van der Waals surface area contributed by atoms with Gasteiger partial charge in [0, 0.05) is 24.0 Å². The van der Waals surface area contributed by atoms with Gasteiger partial charge in [0.05, 0.1) is 13.2 Å². The zero-order chi connectivity index (χ0) is 23.2. The van der Waals surface area contributed by atoms with E-state index in [4.69, 9.17) is 14.2 Å². The summed E-state index contributed by atoms with van der Waals surface area (Å²) >= 11 is 0. The molecule has 0 aromatic heterocycles. The van der Waals surface area contributed by atoms with Crippen molar-refractivity contribution >= 4 is 37.0 Å². The lowest BCUT2D eigenvalue weighted by atomic mass is 10.1. The molecule has 0 aliphatic rings. The Labute approximate surface area is 179 Å². The number of benzene rings is 2. The number of hydrogen-bond acceptors (Lipinski definition) is 8. The first-order valence-corrected chi connectivity index (χ1v) is 11.8. The molecule has 2 N–H and O–H groups in total. The summed E-state index contributed by atoms with van der Waals surface area (Å²) in [4.78, 5) is 9.21. The molecule has 0 fully saturated rings. The smallest absolute Gasteiger partial charge is 0.333 e. The SMILES string of the molecule is C=C(C)C(=O)OCCOCCCOc1cc2ccccc2c(S(=O)(=O)O)c1S(=O)(=O)O. The van der Waals surface area contributed by atoms with Gasteiger partial charge in [-0.2, -0.15) is 16.8 Å².